The van der Waals surface area contributed by atoms with Crippen molar-refractivity contribution in [2.45, 2.75) is 31.7 Å². The minimum atomic E-state index is -0.544. The quantitative estimate of drug-likeness (QED) is 0.516. The first-order valence-corrected chi connectivity index (χ1v) is 11.9. The molecule has 2 N–H and O–H groups in total. The summed E-state index contributed by atoms with van der Waals surface area (Å²) in [7, 11) is 0. The number of anilines is 2. The van der Waals surface area contributed by atoms with E-state index in [0.717, 1.165) is 12.8 Å². The lowest BCUT2D eigenvalue weighted by molar-refractivity contribution is -0.146. The summed E-state index contributed by atoms with van der Waals surface area (Å²) in [6.07, 6.45) is 5.76. The Morgan fingerprint density at radius 2 is 1.91 bits per heavy atom. The summed E-state index contributed by atoms with van der Waals surface area (Å²) < 4.78 is 10.9. The lowest BCUT2D eigenvalue weighted by Gasteiger charge is -2.38. The fraction of sp³-hybridized carbons (Fsp3) is 0.375. The van der Waals surface area contributed by atoms with Gasteiger partial charge in [-0.05, 0) is 49.9 Å². The molecule has 1 saturated carbocycles. The molecule has 0 spiro atoms. The molecule has 5 rings (SSSR count). The molecule has 0 atom stereocenters. The first-order valence-electron chi connectivity index (χ1n) is 11.5. The van der Waals surface area contributed by atoms with Gasteiger partial charge in [0.25, 0.3) is 5.91 Å². The van der Waals surface area contributed by atoms with E-state index >= 15 is 0 Å². The molecule has 2 aliphatic rings. The van der Waals surface area contributed by atoms with Crippen LogP contribution in [0, 0.1) is 5.92 Å². The summed E-state index contributed by atoms with van der Waals surface area (Å²) in [5.74, 6) is -1.01. The summed E-state index contributed by atoms with van der Waals surface area (Å²) in [5, 5.41) is 6.45. The van der Waals surface area contributed by atoms with Crippen LogP contribution in [0.3, 0.4) is 0 Å². The Kier molecular flexibility index (Phi) is 6.65. The van der Waals surface area contributed by atoms with Crippen LogP contribution < -0.4 is 10.6 Å². The molecule has 3 amide bonds. The first kappa shape index (κ1) is 23.3. The number of nitrogens with one attached hydrogen (secondary N) is 2. The molecule has 3 aromatic heterocycles. The fourth-order valence-corrected chi connectivity index (χ4v) is 4.76. The smallest absolute Gasteiger partial charge is 0.293 e. The molecule has 182 valence electrons. The number of morpholine rings is 1. The number of carbonyl (C=O) groups is 3. The van der Waals surface area contributed by atoms with Gasteiger partial charge in [-0.1, -0.05) is 11.6 Å². The standard InChI is InChI=1S/C24H24ClN5O5/c25-18-8-5-15(12-27-18)28-23(33)21-20(17-2-1-9-26-24(17)35-21)29-22(32)14-3-6-16(7-4-14)30-10-11-34-13-19(30)31/h1-2,5,8-9,12,14,16H,3-4,6-7,10-11,13H2,(H,28,33)(H,29,32)/t14-,16-. The number of aromatic nitrogens is 2. The molecular weight excluding hydrogens is 474 g/mol. The monoisotopic (exact) mass is 497 g/mol. The van der Waals surface area contributed by atoms with E-state index in [0.29, 0.717) is 42.2 Å². The molecule has 0 unspecified atom stereocenters. The molecular formula is C24H24ClN5O5. The van der Waals surface area contributed by atoms with Crippen molar-refractivity contribution in [1.82, 2.24) is 14.9 Å². The van der Waals surface area contributed by atoms with E-state index in [1.54, 1.807) is 30.5 Å². The molecule has 0 aromatic carbocycles. The van der Waals surface area contributed by atoms with Crippen LogP contribution >= 0.6 is 11.6 Å². The van der Waals surface area contributed by atoms with E-state index in [-0.39, 0.29) is 47.5 Å². The predicted octanol–water partition coefficient (Wildman–Crippen LogP) is 3.48. The van der Waals surface area contributed by atoms with Crippen molar-refractivity contribution in [3.63, 3.8) is 0 Å². The summed E-state index contributed by atoms with van der Waals surface area (Å²) >= 11 is 5.81. The van der Waals surface area contributed by atoms with Crippen molar-refractivity contribution >= 4 is 51.8 Å². The second-order valence-electron chi connectivity index (χ2n) is 8.62. The van der Waals surface area contributed by atoms with Crippen LogP contribution in [0.25, 0.3) is 11.1 Å². The van der Waals surface area contributed by atoms with Gasteiger partial charge in [0.15, 0.2) is 0 Å². The second kappa shape index (κ2) is 10.0. The third kappa shape index (κ3) is 4.98. The molecule has 35 heavy (non-hydrogen) atoms. The van der Waals surface area contributed by atoms with Gasteiger partial charge in [-0.15, -0.1) is 0 Å². The van der Waals surface area contributed by atoms with E-state index in [9.17, 15) is 14.4 Å². The molecule has 3 aromatic rings. The topological polar surface area (TPSA) is 127 Å². The van der Waals surface area contributed by atoms with E-state index in [2.05, 4.69) is 20.6 Å². The maximum absolute atomic E-state index is 13.2. The number of furan rings is 1. The van der Waals surface area contributed by atoms with Crippen LogP contribution in [0.2, 0.25) is 5.15 Å². The minimum absolute atomic E-state index is 0.00746. The van der Waals surface area contributed by atoms with Gasteiger partial charge in [-0.2, -0.15) is 0 Å². The van der Waals surface area contributed by atoms with Crippen LogP contribution in [0.1, 0.15) is 36.2 Å². The van der Waals surface area contributed by atoms with Crippen molar-refractivity contribution in [2.75, 3.05) is 30.4 Å². The summed E-state index contributed by atoms with van der Waals surface area (Å²) in [6.45, 7) is 1.26. The average Bonchev–Trinajstić information content (AvgIpc) is 3.24. The Balaban J connectivity index is 1.30. The summed E-state index contributed by atoms with van der Waals surface area (Å²) in [4.78, 5) is 48.4. The average molecular weight is 498 g/mol. The number of amides is 3. The number of hydrogen-bond acceptors (Lipinski definition) is 7. The van der Waals surface area contributed by atoms with Crippen molar-refractivity contribution in [2.24, 2.45) is 5.92 Å². The Morgan fingerprint density at radius 1 is 1.09 bits per heavy atom. The number of halogens is 1. The highest BCUT2D eigenvalue weighted by Gasteiger charge is 2.34. The number of rotatable bonds is 5. The molecule has 11 heteroatoms. The summed E-state index contributed by atoms with van der Waals surface area (Å²) in [5.41, 5.74) is 0.959. The first-order chi connectivity index (χ1) is 17.0. The lowest BCUT2D eigenvalue weighted by Crippen LogP contribution is -2.49. The van der Waals surface area contributed by atoms with Crippen molar-refractivity contribution in [3.05, 3.63) is 47.6 Å². The summed E-state index contributed by atoms with van der Waals surface area (Å²) in [6, 6.07) is 6.75. The van der Waals surface area contributed by atoms with Crippen LogP contribution in [-0.2, 0) is 14.3 Å². The fourth-order valence-electron chi connectivity index (χ4n) is 4.65. The van der Waals surface area contributed by atoms with Gasteiger partial charge in [0.1, 0.15) is 17.4 Å². The zero-order valence-electron chi connectivity index (χ0n) is 18.8. The van der Waals surface area contributed by atoms with Gasteiger partial charge in [-0.25, -0.2) is 9.97 Å². The van der Waals surface area contributed by atoms with Gasteiger partial charge in [0.2, 0.25) is 23.3 Å². The SMILES string of the molecule is O=C(Nc1ccc(Cl)nc1)c1oc2ncccc2c1NC(=O)[C@H]1CC[C@H](N2CCOCC2=O)CC1. The third-order valence-electron chi connectivity index (χ3n) is 6.44. The number of pyridine rings is 2. The van der Waals surface area contributed by atoms with Crippen LogP contribution in [0.15, 0.2) is 41.1 Å². The Labute approximate surface area is 206 Å². The number of fused-ring (bicyclic) bond motifs is 1. The van der Waals surface area contributed by atoms with E-state index in [1.807, 2.05) is 4.90 Å². The zero-order valence-corrected chi connectivity index (χ0v) is 19.6. The van der Waals surface area contributed by atoms with Crippen LogP contribution in [0.5, 0.6) is 0 Å². The van der Waals surface area contributed by atoms with Crippen LogP contribution in [0.4, 0.5) is 11.4 Å². The Hall–Kier alpha value is -3.50. The molecule has 0 bridgehead atoms. The lowest BCUT2D eigenvalue weighted by atomic mass is 9.84. The van der Waals surface area contributed by atoms with Crippen molar-refractivity contribution < 1.29 is 23.5 Å². The van der Waals surface area contributed by atoms with E-state index in [4.69, 9.17) is 20.8 Å². The van der Waals surface area contributed by atoms with Crippen molar-refractivity contribution in [3.8, 4) is 0 Å². The molecule has 1 saturated heterocycles. The Morgan fingerprint density at radius 3 is 2.66 bits per heavy atom. The second-order valence-corrected chi connectivity index (χ2v) is 9.01. The van der Waals surface area contributed by atoms with Gasteiger partial charge >= 0.3 is 0 Å². The number of carbonyl (C=O) groups excluding carboxylic acids is 3. The molecule has 10 nitrogen and oxygen atoms in total. The highest BCUT2D eigenvalue weighted by atomic mass is 35.5. The van der Waals surface area contributed by atoms with Crippen LogP contribution in [-0.4, -0.2) is 58.4 Å². The molecule has 2 fully saturated rings. The predicted molar refractivity (Wildman–Crippen MR) is 128 cm³/mol. The molecule has 4 heterocycles. The molecule has 1 aliphatic carbocycles. The Bertz CT molecular complexity index is 1250. The largest absolute Gasteiger partial charge is 0.430 e. The van der Waals surface area contributed by atoms with Gasteiger partial charge in [-0.3, -0.25) is 14.4 Å². The number of nitrogens with zero attached hydrogens (tertiary/aromatic N) is 3. The minimum Gasteiger partial charge on any atom is -0.430 e. The molecule has 1 aliphatic heterocycles. The maximum Gasteiger partial charge on any atom is 0.293 e. The van der Waals surface area contributed by atoms with Crippen molar-refractivity contribution in [1.29, 1.82) is 0 Å². The van der Waals surface area contributed by atoms with Gasteiger partial charge in [0.05, 0.1) is 23.9 Å². The van der Waals surface area contributed by atoms with E-state index < -0.39 is 5.91 Å². The number of ether oxygens (including phenoxy) is 1. The highest BCUT2D eigenvalue weighted by Crippen LogP contribution is 2.33. The number of hydrogen-bond donors (Lipinski definition) is 2. The maximum atomic E-state index is 13.2. The normalized spacial score (nSPS) is 20.6. The van der Waals surface area contributed by atoms with Gasteiger partial charge < -0.3 is 24.7 Å². The third-order valence-corrected chi connectivity index (χ3v) is 6.66. The van der Waals surface area contributed by atoms with Gasteiger partial charge in [0, 0.05) is 24.7 Å². The van der Waals surface area contributed by atoms with E-state index in [1.165, 1.54) is 6.20 Å². The molecule has 0 radical (unpaired) electrons. The zero-order chi connectivity index (χ0) is 24.4. The highest BCUT2D eigenvalue weighted by molar-refractivity contribution is 6.29.